The van der Waals surface area contributed by atoms with E-state index < -0.39 is 0 Å². The van der Waals surface area contributed by atoms with Gasteiger partial charge in [-0.15, -0.1) is 0 Å². The zero-order chi connectivity index (χ0) is 13.0. The number of rotatable bonds is 4. The van der Waals surface area contributed by atoms with Crippen LogP contribution in [0.15, 0.2) is 24.3 Å². The molecule has 0 aliphatic carbocycles. The normalized spacial score (nSPS) is 15.9. The first kappa shape index (κ1) is 12.8. The molecule has 1 fully saturated rings. The third-order valence-electron chi connectivity index (χ3n) is 2.55. The summed E-state index contributed by atoms with van der Waals surface area (Å²) in [5.74, 6) is 1.01. The van der Waals surface area contributed by atoms with Crippen LogP contribution in [0.5, 0.6) is 5.75 Å². The molecule has 1 heterocycles. The molecular weight excluding hydrogens is 252 g/mol. The molecule has 0 unspecified atom stereocenters. The summed E-state index contributed by atoms with van der Waals surface area (Å²) in [5, 5.41) is -0.198. The number of nitrogens with zero attached hydrogens (tertiary/aromatic N) is 1. The summed E-state index contributed by atoms with van der Waals surface area (Å²) in [6.45, 7) is 0.519. The predicted octanol–water partition coefficient (Wildman–Crippen LogP) is 1.73. The monoisotopic (exact) mass is 266 g/mol. The summed E-state index contributed by atoms with van der Waals surface area (Å²) < 4.78 is 5.46. The lowest BCUT2D eigenvalue weighted by Gasteiger charge is -2.24. The molecule has 5 nitrogen and oxygen atoms in total. The molecule has 2 amide bonds. The molecule has 0 bridgehead atoms. The van der Waals surface area contributed by atoms with Gasteiger partial charge in [-0.1, -0.05) is 23.9 Å². The SMILES string of the molecule is Nc1ccccc1OCCN1C(=O)CCSC1=O. The third kappa shape index (κ3) is 2.95. The smallest absolute Gasteiger partial charge is 0.288 e. The van der Waals surface area contributed by atoms with Crippen LogP contribution in [0.4, 0.5) is 10.5 Å². The number of thioether (sulfide) groups is 1. The first-order valence-electron chi connectivity index (χ1n) is 5.63. The summed E-state index contributed by atoms with van der Waals surface area (Å²) in [6, 6.07) is 7.13. The molecule has 1 aromatic carbocycles. The van der Waals surface area contributed by atoms with Crippen LogP contribution in [0.25, 0.3) is 0 Å². The first-order valence-corrected chi connectivity index (χ1v) is 6.61. The van der Waals surface area contributed by atoms with Crippen LogP contribution in [0.1, 0.15) is 6.42 Å². The van der Waals surface area contributed by atoms with Crippen LogP contribution < -0.4 is 10.5 Å². The molecule has 0 spiro atoms. The Labute approximate surface area is 109 Å². The minimum atomic E-state index is -0.198. The van der Waals surface area contributed by atoms with Crippen LogP contribution in [0.3, 0.4) is 0 Å². The number of nitrogen functional groups attached to an aromatic ring is 1. The zero-order valence-electron chi connectivity index (χ0n) is 9.80. The van der Waals surface area contributed by atoms with Crippen LogP contribution in [-0.2, 0) is 4.79 Å². The summed E-state index contributed by atoms with van der Waals surface area (Å²) in [7, 11) is 0. The minimum Gasteiger partial charge on any atom is -0.490 e. The number of carbonyl (C=O) groups is 2. The van der Waals surface area contributed by atoms with Crippen LogP contribution >= 0.6 is 11.8 Å². The van der Waals surface area contributed by atoms with Gasteiger partial charge in [0, 0.05) is 12.2 Å². The van der Waals surface area contributed by atoms with Crippen molar-refractivity contribution in [1.29, 1.82) is 0 Å². The topological polar surface area (TPSA) is 72.6 Å². The fourth-order valence-electron chi connectivity index (χ4n) is 1.62. The predicted molar refractivity (Wildman–Crippen MR) is 70.5 cm³/mol. The van der Waals surface area contributed by atoms with E-state index in [0.29, 0.717) is 23.6 Å². The maximum atomic E-state index is 11.5. The van der Waals surface area contributed by atoms with Gasteiger partial charge in [0.2, 0.25) is 5.91 Å². The van der Waals surface area contributed by atoms with Gasteiger partial charge in [-0.05, 0) is 12.1 Å². The first-order chi connectivity index (χ1) is 8.68. The van der Waals surface area contributed by atoms with Crippen molar-refractivity contribution in [3.8, 4) is 5.75 Å². The van der Waals surface area contributed by atoms with E-state index in [1.807, 2.05) is 12.1 Å². The van der Waals surface area contributed by atoms with Crippen molar-refractivity contribution in [1.82, 2.24) is 4.90 Å². The number of nitrogens with two attached hydrogens (primary N) is 1. The molecule has 0 aromatic heterocycles. The van der Waals surface area contributed by atoms with Crippen LogP contribution in [0.2, 0.25) is 0 Å². The second-order valence-electron chi connectivity index (χ2n) is 3.80. The lowest BCUT2D eigenvalue weighted by atomic mass is 10.3. The highest BCUT2D eigenvalue weighted by molar-refractivity contribution is 8.13. The van der Waals surface area contributed by atoms with Crippen molar-refractivity contribution in [2.45, 2.75) is 6.42 Å². The van der Waals surface area contributed by atoms with Crippen molar-refractivity contribution in [2.75, 3.05) is 24.6 Å². The van der Waals surface area contributed by atoms with E-state index >= 15 is 0 Å². The van der Waals surface area contributed by atoms with Crippen molar-refractivity contribution in [3.05, 3.63) is 24.3 Å². The van der Waals surface area contributed by atoms with E-state index in [4.69, 9.17) is 10.5 Å². The van der Waals surface area contributed by atoms with Crippen molar-refractivity contribution >= 4 is 28.6 Å². The number of hydrogen-bond donors (Lipinski definition) is 1. The van der Waals surface area contributed by atoms with Gasteiger partial charge in [0.15, 0.2) is 0 Å². The van der Waals surface area contributed by atoms with Gasteiger partial charge < -0.3 is 10.5 Å². The molecule has 6 heteroatoms. The van der Waals surface area contributed by atoms with Gasteiger partial charge in [-0.3, -0.25) is 14.5 Å². The Morgan fingerprint density at radius 1 is 1.33 bits per heavy atom. The number of para-hydroxylation sites is 2. The molecule has 1 aliphatic heterocycles. The number of carbonyl (C=O) groups excluding carboxylic acids is 2. The highest BCUT2D eigenvalue weighted by atomic mass is 32.2. The second kappa shape index (κ2) is 5.77. The Balaban J connectivity index is 1.87. The molecular formula is C12H14N2O3S. The van der Waals surface area contributed by atoms with E-state index in [2.05, 4.69) is 0 Å². The summed E-state index contributed by atoms with van der Waals surface area (Å²) in [6.07, 6.45) is 0.407. The molecule has 18 heavy (non-hydrogen) atoms. The van der Waals surface area contributed by atoms with Gasteiger partial charge in [-0.2, -0.15) is 0 Å². The van der Waals surface area contributed by atoms with Crippen LogP contribution in [0, 0.1) is 0 Å². The molecule has 0 atom stereocenters. The standard InChI is InChI=1S/C12H14N2O3S/c13-9-3-1-2-4-10(9)17-7-6-14-11(15)5-8-18-12(14)16/h1-4H,5-8,13H2. The highest BCUT2D eigenvalue weighted by Crippen LogP contribution is 2.21. The molecule has 2 N–H and O–H groups in total. The number of amides is 2. The average molecular weight is 266 g/mol. The Morgan fingerprint density at radius 3 is 2.83 bits per heavy atom. The molecule has 0 radical (unpaired) electrons. The fraction of sp³-hybridized carbons (Fsp3) is 0.333. The number of anilines is 1. The van der Waals surface area contributed by atoms with E-state index in [1.165, 1.54) is 16.7 Å². The fourth-order valence-corrected chi connectivity index (χ4v) is 2.42. The number of hydrogen-bond acceptors (Lipinski definition) is 5. The molecule has 96 valence electrons. The minimum absolute atomic E-state index is 0.136. The second-order valence-corrected chi connectivity index (χ2v) is 4.84. The van der Waals surface area contributed by atoms with Gasteiger partial charge in [0.1, 0.15) is 12.4 Å². The van der Waals surface area contributed by atoms with Crippen molar-refractivity contribution in [3.63, 3.8) is 0 Å². The number of imide groups is 1. The molecule has 1 aliphatic rings. The summed E-state index contributed by atoms with van der Waals surface area (Å²) in [4.78, 5) is 24.3. The van der Waals surface area contributed by atoms with Gasteiger partial charge >= 0.3 is 0 Å². The summed E-state index contributed by atoms with van der Waals surface area (Å²) >= 11 is 1.17. The zero-order valence-corrected chi connectivity index (χ0v) is 10.6. The van der Waals surface area contributed by atoms with E-state index in [1.54, 1.807) is 12.1 Å². The van der Waals surface area contributed by atoms with E-state index in [-0.39, 0.29) is 24.3 Å². The molecule has 0 saturated carbocycles. The Morgan fingerprint density at radius 2 is 2.11 bits per heavy atom. The van der Waals surface area contributed by atoms with Crippen LogP contribution in [-0.4, -0.2) is 35.0 Å². The maximum Gasteiger partial charge on any atom is 0.288 e. The van der Waals surface area contributed by atoms with Crippen molar-refractivity contribution < 1.29 is 14.3 Å². The van der Waals surface area contributed by atoms with E-state index in [0.717, 1.165) is 0 Å². The summed E-state index contributed by atoms with van der Waals surface area (Å²) in [5.41, 5.74) is 6.26. The Bertz CT molecular complexity index is 448. The highest BCUT2D eigenvalue weighted by Gasteiger charge is 2.26. The number of ether oxygens (including phenoxy) is 1. The van der Waals surface area contributed by atoms with Gasteiger partial charge in [-0.25, -0.2) is 0 Å². The van der Waals surface area contributed by atoms with Gasteiger partial charge in [0.05, 0.1) is 12.2 Å². The van der Waals surface area contributed by atoms with Crippen molar-refractivity contribution in [2.24, 2.45) is 0 Å². The lowest BCUT2D eigenvalue weighted by molar-refractivity contribution is -0.127. The Hall–Kier alpha value is -1.69. The average Bonchev–Trinajstić information content (AvgIpc) is 2.35. The molecule has 1 saturated heterocycles. The quantitative estimate of drug-likeness (QED) is 0.840. The Kier molecular flexibility index (Phi) is 4.09. The largest absolute Gasteiger partial charge is 0.490 e. The number of benzene rings is 1. The third-order valence-corrected chi connectivity index (χ3v) is 3.43. The van der Waals surface area contributed by atoms with Gasteiger partial charge in [0.25, 0.3) is 5.24 Å². The molecule has 1 aromatic rings. The molecule has 2 rings (SSSR count). The van der Waals surface area contributed by atoms with E-state index in [9.17, 15) is 9.59 Å². The maximum absolute atomic E-state index is 11.5. The lowest BCUT2D eigenvalue weighted by Crippen LogP contribution is -2.40.